The van der Waals surface area contributed by atoms with E-state index in [0.29, 0.717) is 16.4 Å². The van der Waals surface area contributed by atoms with Gasteiger partial charge in [0.2, 0.25) is 5.91 Å². The molecule has 0 spiro atoms. The second kappa shape index (κ2) is 8.91. The van der Waals surface area contributed by atoms with Crippen LogP contribution in [0.1, 0.15) is 68.5 Å². The Morgan fingerprint density at radius 2 is 1.86 bits per heavy atom. The average Bonchev–Trinajstić information content (AvgIpc) is 3.19. The van der Waals surface area contributed by atoms with E-state index in [1.54, 1.807) is 35.4 Å². The summed E-state index contributed by atoms with van der Waals surface area (Å²) in [5.74, 6) is -0.473. The van der Waals surface area contributed by atoms with Crippen LogP contribution in [0.5, 0.6) is 0 Å². The Kier molecular flexibility index (Phi) is 6.52. The van der Waals surface area contributed by atoms with Crippen molar-refractivity contribution in [2.45, 2.75) is 64.1 Å². The average molecular weight is 415 g/mol. The maximum Gasteiger partial charge on any atom is 0.256 e. The lowest BCUT2D eigenvalue weighted by Crippen LogP contribution is -2.52. The molecule has 2 amide bonds. The van der Waals surface area contributed by atoms with E-state index in [0.717, 1.165) is 25.7 Å². The van der Waals surface area contributed by atoms with E-state index in [1.807, 2.05) is 26.8 Å². The van der Waals surface area contributed by atoms with Crippen LogP contribution in [0.3, 0.4) is 0 Å². The van der Waals surface area contributed by atoms with E-state index in [-0.39, 0.29) is 17.9 Å². The summed E-state index contributed by atoms with van der Waals surface area (Å²) in [7, 11) is 0. The molecule has 0 bridgehead atoms. The van der Waals surface area contributed by atoms with Crippen molar-refractivity contribution in [1.82, 2.24) is 20.2 Å². The molecule has 1 unspecified atom stereocenters. The van der Waals surface area contributed by atoms with Crippen LogP contribution in [0.15, 0.2) is 42.7 Å². The summed E-state index contributed by atoms with van der Waals surface area (Å²) in [6.45, 7) is 5.77. The van der Waals surface area contributed by atoms with Gasteiger partial charge in [0, 0.05) is 24.0 Å². The summed E-state index contributed by atoms with van der Waals surface area (Å²) in [6, 6.07) is 7.82. The second-order valence-corrected chi connectivity index (χ2v) is 8.80. The van der Waals surface area contributed by atoms with Gasteiger partial charge in [0.05, 0.1) is 11.3 Å². The first kappa shape index (κ1) is 21.2. The van der Waals surface area contributed by atoms with Gasteiger partial charge in [-0.05, 0) is 57.9 Å². The minimum Gasteiger partial charge on any atom is -0.349 e. The Hall–Kier alpha value is -2.47. The Morgan fingerprint density at radius 1 is 1.14 bits per heavy atom. The summed E-state index contributed by atoms with van der Waals surface area (Å²) >= 11 is 5.89. The maximum absolute atomic E-state index is 13.6. The minimum atomic E-state index is -0.818. The molecule has 0 aliphatic heterocycles. The van der Waals surface area contributed by atoms with Crippen LogP contribution in [-0.2, 0) is 4.79 Å². The molecule has 1 N–H and O–H groups in total. The van der Waals surface area contributed by atoms with E-state index < -0.39 is 11.6 Å². The number of carbonyl (C=O) groups is 2. The molecule has 0 radical (unpaired) electrons. The van der Waals surface area contributed by atoms with E-state index in [2.05, 4.69) is 15.3 Å². The van der Waals surface area contributed by atoms with Crippen LogP contribution in [0, 0.1) is 0 Å². The fourth-order valence-corrected chi connectivity index (χ4v) is 3.82. The van der Waals surface area contributed by atoms with E-state index in [1.165, 1.54) is 6.20 Å². The minimum absolute atomic E-state index is 0.0316. The Bertz CT molecular complexity index is 843. The molecule has 1 atom stereocenters. The molecule has 154 valence electrons. The van der Waals surface area contributed by atoms with Crippen molar-refractivity contribution < 1.29 is 9.59 Å². The number of nitrogens with zero attached hydrogens (tertiary/aromatic N) is 3. The first-order chi connectivity index (χ1) is 13.8. The van der Waals surface area contributed by atoms with Crippen molar-refractivity contribution in [3.63, 3.8) is 0 Å². The zero-order valence-corrected chi connectivity index (χ0v) is 17.8. The lowest BCUT2D eigenvalue weighted by molar-refractivity contribution is -0.128. The number of rotatable bonds is 5. The van der Waals surface area contributed by atoms with Gasteiger partial charge >= 0.3 is 0 Å². The van der Waals surface area contributed by atoms with Gasteiger partial charge in [-0.15, -0.1) is 0 Å². The van der Waals surface area contributed by atoms with Crippen LogP contribution in [0.25, 0.3) is 0 Å². The molecule has 1 saturated carbocycles. The SMILES string of the molecule is CC(C)(C)NC(=O)C(c1ccccn1)N(C(=O)c1ccc(Cl)nc1)C1CCCC1. The highest BCUT2D eigenvalue weighted by molar-refractivity contribution is 6.29. The lowest BCUT2D eigenvalue weighted by Gasteiger charge is -2.37. The first-order valence-electron chi connectivity index (χ1n) is 9.93. The molecule has 7 heteroatoms. The van der Waals surface area contributed by atoms with Gasteiger partial charge in [-0.1, -0.05) is 30.5 Å². The Labute approximate surface area is 176 Å². The zero-order chi connectivity index (χ0) is 21.0. The molecule has 0 aromatic carbocycles. The van der Waals surface area contributed by atoms with Crippen molar-refractivity contribution in [3.8, 4) is 0 Å². The number of nitrogens with one attached hydrogen (secondary N) is 1. The predicted octanol–water partition coefficient (Wildman–Crippen LogP) is 4.17. The normalized spacial score (nSPS) is 15.7. The summed E-state index contributed by atoms with van der Waals surface area (Å²) in [6.07, 6.45) is 6.89. The highest BCUT2D eigenvalue weighted by atomic mass is 35.5. The first-order valence-corrected chi connectivity index (χ1v) is 10.3. The van der Waals surface area contributed by atoms with Crippen LogP contribution >= 0.6 is 11.6 Å². The van der Waals surface area contributed by atoms with Gasteiger partial charge in [0.15, 0.2) is 6.04 Å². The molecule has 1 aliphatic carbocycles. The Morgan fingerprint density at radius 3 is 2.41 bits per heavy atom. The molecule has 2 aromatic rings. The number of carbonyl (C=O) groups excluding carboxylic acids is 2. The fraction of sp³-hybridized carbons (Fsp3) is 0.455. The third-order valence-corrected chi connectivity index (χ3v) is 5.14. The van der Waals surface area contributed by atoms with Gasteiger partial charge in [-0.25, -0.2) is 4.98 Å². The molecular formula is C22H27ClN4O2. The van der Waals surface area contributed by atoms with Crippen LogP contribution in [0.2, 0.25) is 5.15 Å². The van der Waals surface area contributed by atoms with Gasteiger partial charge in [-0.3, -0.25) is 14.6 Å². The lowest BCUT2D eigenvalue weighted by atomic mass is 10.0. The van der Waals surface area contributed by atoms with Gasteiger partial charge < -0.3 is 10.2 Å². The largest absolute Gasteiger partial charge is 0.349 e. The van der Waals surface area contributed by atoms with Gasteiger partial charge in [0.25, 0.3) is 5.91 Å². The summed E-state index contributed by atoms with van der Waals surface area (Å²) in [5.41, 5.74) is 0.526. The van der Waals surface area contributed by atoms with Crippen molar-refractivity contribution in [1.29, 1.82) is 0 Å². The van der Waals surface area contributed by atoms with Gasteiger partial charge in [0.1, 0.15) is 5.15 Å². The number of hydrogen-bond donors (Lipinski definition) is 1. The number of hydrogen-bond acceptors (Lipinski definition) is 4. The quantitative estimate of drug-likeness (QED) is 0.745. The van der Waals surface area contributed by atoms with Crippen LogP contribution < -0.4 is 5.32 Å². The Balaban J connectivity index is 2.05. The van der Waals surface area contributed by atoms with Crippen LogP contribution in [-0.4, -0.2) is 38.3 Å². The molecule has 2 heterocycles. The van der Waals surface area contributed by atoms with Crippen molar-refractivity contribution >= 4 is 23.4 Å². The number of aromatic nitrogens is 2. The molecule has 29 heavy (non-hydrogen) atoms. The molecule has 1 fully saturated rings. The second-order valence-electron chi connectivity index (χ2n) is 8.42. The molecular weight excluding hydrogens is 388 g/mol. The third-order valence-electron chi connectivity index (χ3n) is 4.92. The molecule has 3 rings (SSSR count). The van der Waals surface area contributed by atoms with Crippen molar-refractivity contribution in [2.75, 3.05) is 0 Å². The van der Waals surface area contributed by atoms with Crippen molar-refractivity contribution in [2.24, 2.45) is 0 Å². The van der Waals surface area contributed by atoms with E-state index in [9.17, 15) is 9.59 Å². The van der Waals surface area contributed by atoms with E-state index >= 15 is 0 Å². The standard InChI is InChI=1S/C22H27ClN4O2/c1-22(2,3)26-20(28)19(17-10-6-7-13-24-17)27(16-8-4-5-9-16)21(29)15-11-12-18(23)25-14-15/h6-7,10-14,16,19H,4-5,8-9H2,1-3H3,(H,26,28). The molecule has 6 nitrogen and oxygen atoms in total. The third kappa shape index (κ3) is 5.32. The highest BCUT2D eigenvalue weighted by Gasteiger charge is 2.39. The molecule has 0 saturated heterocycles. The summed E-state index contributed by atoms with van der Waals surface area (Å²) in [5, 5.41) is 3.35. The number of amides is 2. The monoisotopic (exact) mass is 414 g/mol. The predicted molar refractivity (Wildman–Crippen MR) is 113 cm³/mol. The molecule has 2 aromatic heterocycles. The van der Waals surface area contributed by atoms with E-state index in [4.69, 9.17) is 11.6 Å². The number of halogens is 1. The summed E-state index contributed by atoms with van der Waals surface area (Å²) < 4.78 is 0. The maximum atomic E-state index is 13.6. The zero-order valence-electron chi connectivity index (χ0n) is 17.1. The fourth-order valence-electron chi connectivity index (χ4n) is 3.71. The van der Waals surface area contributed by atoms with Crippen molar-refractivity contribution in [3.05, 3.63) is 59.1 Å². The summed E-state index contributed by atoms with van der Waals surface area (Å²) in [4.78, 5) is 37.1. The van der Waals surface area contributed by atoms with Crippen LogP contribution in [0.4, 0.5) is 0 Å². The number of pyridine rings is 2. The highest BCUT2D eigenvalue weighted by Crippen LogP contribution is 2.32. The van der Waals surface area contributed by atoms with Gasteiger partial charge in [-0.2, -0.15) is 0 Å². The topological polar surface area (TPSA) is 75.2 Å². The smallest absolute Gasteiger partial charge is 0.256 e. The molecule has 1 aliphatic rings.